The Hall–Kier alpha value is -2.41. The number of aliphatic hydroxyl groups is 1. The summed E-state index contributed by atoms with van der Waals surface area (Å²) in [6, 6.07) is 2.87. The minimum atomic E-state index is -1.30. The predicted octanol–water partition coefficient (Wildman–Crippen LogP) is 2.75. The van der Waals surface area contributed by atoms with E-state index in [0.717, 1.165) is 31.7 Å². The molecule has 25 heavy (non-hydrogen) atoms. The molecule has 0 bridgehead atoms. The second-order valence-electron chi connectivity index (χ2n) is 6.38. The first kappa shape index (κ1) is 17.4. The van der Waals surface area contributed by atoms with Crippen LogP contribution in [0.15, 0.2) is 23.1 Å². The van der Waals surface area contributed by atoms with Gasteiger partial charge in [0.1, 0.15) is 11.4 Å². The average Bonchev–Trinajstić information content (AvgIpc) is 3.40. The highest BCUT2D eigenvalue weighted by atomic mass is 19.1. The lowest BCUT2D eigenvalue weighted by atomic mass is 10.1. The van der Waals surface area contributed by atoms with Crippen molar-refractivity contribution in [1.82, 2.24) is 4.57 Å². The fraction of sp³-hybridized carbons (Fsp3) is 0.444. The quantitative estimate of drug-likeness (QED) is 0.638. The van der Waals surface area contributed by atoms with Crippen molar-refractivity contribution >= 4 is 22.6 Å². The monoisotopic (exact) mass is 348 g/mol. The van der Waals surface area contributed by atoms with Crippen LogP contribution in [-0.4, -0.2) is 33.9 Å². The van der Waals surface area contributed by atoms with Gasteiger partial charge in [-0.25, -0.2) is 9.18 Å². The molecule has 0 spiro atoms. The Labute approximate surface area is 143 Å². The number of pyridine rings is 1. The third-order valence-corrected chi connectivity index (χ3v) is 4.44. The van der Waals surface area contributed by atoms with E-state index in [1.807, 2.05) is 0 Å². The van der Waals surface area contributed by atoms with Crippen LogP contribution in [0, 0.1) is 5.82 Å². The lowest BCUT2D eigenvalue weighted by Crippen LogP contribution is -2.19. The SMILES string of the molecule is O=C(O)c1cn(C2CC2)c2cc(NCCCCCO)c(F)cc2c1=O. The molecule has 1 aliphatic rings. The number of rotatable bonds is 8. The largest absolute Gasteiger partial charge is 0.477 e. The zero-order valence-electron chi connectivity index (χ0n) is 13.8. The van der Waals surface area contributed by atoms with E-state index < -0.39 is 17.2 Å². The van der Waals surface area contributed by atoms with Crippen molar-refractivity contribution in [2.45, 2.75) is 38.1 Å². The number of nitrogens with one attached hydrogen (secondary N) is 1. The van der Waals surface area contributed by atoms with E-state index in [1.165, 1.54) is 6.20 Å². The Morgan fingerprint density at radius 1 is 1.28 bits per heavy atom. The summed E-state index contributed by atoms with van der Waals surface area (Å²) in [6.07, 6.45) is 5.55. The van der Waals surface area contributed by atoms with Crippen LogP contribution in [0.1, 0.15) is 48.5 Å². The third-order valence-electron chi connectivity index (χ3n) is 4.44. The maximum absolute atomic E-state index is 14.4. The smallest absolute Gasteiger partial charge is 0.341 e. The van der Waals surface area contributed by atoms with E-state index in [4.69, 9.17) is 5.11 Å². The van der Waals surface area contributed by atoms with Crippen molar-refractivity contribution in [3.8, 4) is 0 Å². The Morgan fingerprint density at radius 2 is 2.04 bits per heavy atom. The molecule has 7 heteroatoms. The summed E-state index contributed by atoms with van der Waals surface area (Å²) in [7, 11) is 0. The van der Waals surface area contributed by atoms with Gasteiger partial charge in [0.05, 0.1) is 11.2 Å². The molecule has 1 heterocycles. The van der Waals surface area contributed by atoms with E-state index in [2.05, 4.69) is 5.32 Å². The topological polar surface area (TPSA) is 91.6 Å². The molecule has 0 unspecified atom stereocenters. The number of carbonyl (C=O) groups is 1. The molecule has 6 nitrogen and oxygen atoms in total. The van der Waals surface area contributed by atoms with Crippen molar-refractivity contribution in [3.63, 3.8) is 0 Å². The van der Waals surface area contributed by atoms with Crippen LogP contribution in [0.4, 0.5) is 10.1 Å². The summed E-state index contributed by atoms with van der Waals surface area (Å²) in [5.41, 5.74) is -0.138. The third kappa shape index (κ3) is 3.66. The molecule has 3 rings (SSSR count). The highest BCUT2D eigenvalue weighted by molar-refractivity contribution is 5.93. The first-order chi connectivity index (χ1) is 12.0. The summed E-state index contributed by atoms with van der Waals surface area (Å²) in [5, 5.41) is 21.1. The van der Waals surface area contributed by atoms with Crippen LogP contribution in [0.3, 0.4) is 0 Å². The van der Waals surface area contributed by atoms with Crippen LogP contribution >= 0.6 is 0 Å². The molecule has 0 saturated heterocycles. The highest BCUT2D eigenvalue weighted by Gasteiger charge is 2.27. The lowest BCUT2D eigenvalue weighted by molar-refractivity contribution is 0.0695. The van der Waals surface area contributed by atoms with Gasteiger partial charge in [-0.15, -0.1) is 0 Å². The van der Waals surface area contributed by atoms with Crippen LogP contribution < -0.4 is 10.7 Å². The fourth-order valence-electron chi connectivity index (χ4n) is 2.95. The molecule has 134 valence electrons. The van der Waals surface area contributed by atoms with Crippen LogP contribution in [-0.2, 0) is 0 Å². The summed E-state index contributed by atoms with van der Waals surface area (Å²) < 4.78 is 16.1. The number of anilines is 1. The van der Waals surface area contributed by atoms with Crippen molar-refractivity contribution in [1.29, 1.82) is 0 Å². The second-order valence-corrected chi connectivity index (χ2v) is 6.38. The van der Waals surface area contributed by atoms with Gasteiger partial charge in [-0.1, -0.05) is 0 Å². The zero-order valence-corrected chi connectivity index (χ0v) is 13.8. The van der Waals surface area contributed by atoms with Gasteiger partial charge in [-0.05, 0) is 44.2 Å². The van der Waals surface area contributed by atoms with Crippen molar-refractivity contribution in [2.24, 2.45) is 0 Å². The maximum Gasteiger partial charge on any atom is 0.341 e. The fourth-order valence-corrected chi connectivity index (χ4v) is 2.95. The number of unbranched alkanes of at least 4 members (excludes halogenated alkanes) is 2. The molecule has 2 aromatic rings. The molecular formula is C18H21FN2O4. The molecule has 0 aliphatic heterocycles. The number of hydrogen-bond acceptors (Lipinski definition) is 4. The number of hydrogen-bond donors (Lipinski definition) is 3. The van der Waals surface area contributed by atoms with Crippen molar-refractivity contribution in [2.75, 3.05) is 18.5 Å². The van der Waals surface area contributed by atoms with Gasteiger partial charge >= 0.3 is 5.97 Å². The number of fused-ring (bicyclic) bond motifs is 1. The zero-order chi connectivity index (χ0) is 18.0. The normalized spacial score (nSPS) is 14.0. The summed E-state index contributed by atoms with van der Waals surface area (Å²) in [5.74, 6) is -1.87. The summed E-state index contributed by atoms with van der Waals surface area (Å²) in [6.45, 7) is 0.702. The number of halogens is 1. The Kier molecular flexibility index (Phi) is 5.03. The first-order valence-corrected chi connectivity index (χ1v) is 8.49. The molecule has 0 amide bonds. The first-order valence-electron chi connectivity index (χ1n) is 8.49. The minimum Gasteiger partial charge on any atom is -0.477 e. The number of nitrogens with zero attached hydrogens (tertiary/aromatic N) is 1. The van der Waals surface area contributed by atoms with E-state index in [9.17, 15) is 19.1 Å². The number of carboxylic acid groups (broad SMARTS) is 1. The van der Waals surface area contributed by atoms with Gasteiger partial charge in [0.15, 0.2) is 0 Å². The van der Waals surface area contributed by atoms with Gasteiger partial charge in [-0.3, -0.25) is 4.79 Å². The Morgan fingerprint density at radius 3 is 2.68 bits per heavy atom. The van der Waals surface area contributed by atoms with Crippen LogP contribution in [0.25, 0.3) is 10.9 Å². The van der Waals surface area contributed by atoms with Crippen molar-refractivity contribution < 1.29 is 19.4 Å². The molecular weight excluding hydrogens is 327 g/mol. The molecule has 3 N–H and O–H groups in total. The average molecular weight is 348 g/mol. The molecule has 1 aliphatic carbocycles. The molecule has 1 aromatic carbocycles. The van der Waals surface area contributed by atoms with Gasteiger partial charge in [0, 0.05) is 30.8 Å². The maximum atomic E-state index is 14.4. The standard InChI is InChI=1S/C18H21FN2O4/c19-14-8-12-16(9-15(14)20-6-2-1-3-7-22)21(11-4-5-11)10-13(17(12)23)18(24)25/h8-11,20,22H,1-7H2,(H,24,25). The van der Waals surface area contributed by atoms with Gasteiger partial charge in [0.2, 0.25) is 5.43 Å². The van der Waals surface area contributed by atoms with E-state index in [-0.39, 0.29) is 23.6 Å². The van der Waals surface area contributed by atoms with Gasteiger partial charge < -0.3 is 20.1 Å². The molecule has 0 radical (unpaired) electrons. The number of aliphatic hydroxyl groups excluding tert-OH is 1. The Bertz CT molecular complexity index is 858. The molecule has 1 aromatic heterocycles. The number of aromatic carboxylic acids is 1. The molecule has 0 atom stereocenters. The van der Waals surface area contributed by atoms with E-state index in [1.54, 1.807) is 10.6 Å². The predicted molar refractivity (Wildman–Crippen MR) is 92.8 cm³/mol. The van der Waals surface area contributed by atoms with Crippen LogP contribution in [0.2, 0.25) is 0 Å². The highest BCUT2D eigenvalue weighted by Crippen LogP contribution is 2.37. The number of benzene rings is 1. The molecule has 1 fully saturated rings. The Balaban J connectivity index is 1.98. The number of aromatic nitrogens is 1. The number of carboxylic acids is 1. The van der Waals surface area contributed by atoms with E-state index >= 15 is 0 Å². The summed E-state index contributed by atoms with van der Waals surface area (Å²) in [4.78, 5) is 23.7. The second kappa shape index (κ2) is 7.23. The molecule has 1 saturated carbocycles. The lowest BCUT2D eigenvalue weighted by Gasteiger charge is -2.14. The summed E-state index contributed by atoms with van der Waals surface area (Å²) >= 11 is 0. The van der Waals surface area contributed by atoms with Gasteiger partial charge in [-0.2, -0.15) is 0 Å². The van der Waals surface area contributed by atoms with Crippen LogP contribution in [0.5, 0.6) is 0 Å². The minimum absolute atomic E-state index is 0.0927. The van der Waals surface area contributed by atoms with Crippen molar-refractivity contribution in [3.05, 3.63) is 39.9 Å². The van der Waals surface area contributed by atoms with Gasteiger partial charge in [0.25, 0.3) is 0 Å². The van der Waals surface area contributed by atoms with E-state index in [0.29, 0.717) is 24.2 Å².